The maximum absolute atomic E-state index is 10.6. The molecule has 0 radical (unpaired) electrons. The maximum Gasteiger partial charge on any atom is 0.289 e. The summed E-state index contributed by atoms with van der Waals surface area (Å²) in [6.45, 7) is 3.10. The molecule has 0 aliphatic carbocycles. The van der Waals surface area contributed by atoms with Gasteiger partial charge in [-0.15, -0.1) is 0 Å². The van der Waals surface area contributed by atoms with Crippen LogP contribution in [0.25, 0.3) is 0 Å². The lowest BCUT2D eigenvalue weighted by molar-refractivity contribution is -0.117. The number of thioether (sulfide) groups is 1. The molecule has 0 heterocycles. The molecule has 0 fully saturated rings. The smallest absolute Gasteiger partial charge is 0.287 e. The van der Waals surface area contributed by atoms with Crippen LogP contribution >= 0.6 is 11.8 Å². The van der Waals surface area contributed by atoms with E-state index in [9.17, 15) is 9.59 Å². The standard InChI is InChI=1S/C6H9NO2S/c1-3-4-10-6(9)7-5(2)8/h3-4H,1-2H3,(H,7,8,9)/b4-3+. The topological polar surface area (TPSA) is 46.2 Å². The minimum atomic E-state index is -0.342. The number of nitrogens with one attached hydrogen (secondary N) is 1. The number of rotatable bonds is 1. The Morgan fingerprint density at radius 3 is 2.50 bits per heavy atom. The van der Waals surface area contributed by atoms with Crippen molar-refractivity contribution in [2.75, 3.05) is 0 Å². The van der Waals surface area contributed by atoms with Crippen molar-refractivity contribution in [3.63, 3.8) is 0 Å². The Kier molecular flexibility index (Phi) is 4.66. The highest BCUT2D eigenvalue weighted by Gasteiger charge is 1.99. The zero-order valence-corrected chi connectivity index (χ0v) is 6.70. The number of imide groups is 1. The van der Waals surface area contributed by atoms with Crippen LogP contribution in [-0.4, -0.2) is 11.1 Å². The first-order chi connectivity index (χ1) is 4.66. The second-order valence-corrected chi connectivity index (χ2v) is 2.43. The van der Waals surface area contributed by atoms with E-state index in [1.165, 1.54) is 6.92 Å². The van der Waals surface area contributed by atoms with Crippen LogP contribution in [0.15, 0.2) is 11.5 Å². The molecule has 0 aliphatic rings. The zero-order chi connectivity index (χ0) is 7.98. The maximum atomic E-state index is 10.6. The predicted octanol–water partition coefficient (Wildman–Crippen LogP) is 1.51. The van der Waals surface area contributed by atoms with Crippen molar-refractivity contribution in [3.05, 3.63) is 11.5 Å². The average molecular weight is 159 g/mol. The minimum absolute atomic E-state index is 0.331. The van der Waals surface area contributed by atoms with Crippen molar-refractivity contribution in [2.45, 2.75) is 13.8 Å². The van der Waals surface area contributed by atoms with Crippen LogP contribution < -0.4 is 5.32 Å². The van der Waals surface area contributed by atoms with Crippen LogP contribution in [-0.2, 0) is 4.79 Å². The molecule has 10 heavy (non-hydrogen) atoms. The Hall–Kier alpha value is -0.770. The molecular formula is C6H9NO2S. The summed E-state index contributed by atoms with van der Waals surface area (Å²) in [5.41, 5.74) is 0. The van der Waals surface area contributed by atoms with Crippen molar-refractivity contribution in [1.29, 1.82) is 0 Å². The second-order valence-electron chi connectivity index (χ2n) is 1.56. The summed E-state index contributed by atoms with van der Waals surface area (Å²) in [6.07, 6.45) is 1.73. The van der Waals surface area contributed by atoms with Crippen LogP contribution in [0.5, 0.6) is 0 Å². The van der Waals surface area contributed by atoms with Crippen molar-refractivity contribution in [2.24, 2.45) is 0 Å². The zero-order valence-electron chi connectivity index (χ0n) is 5.88. The summed E-state index contributed by atoms with van der Waals surface area (Å²) in [7, 11) is 0. The highest BCUT2D eigenvalue weighted by atomic mass is 32.2. The Balaban J connectivity index is 3.54. The number of carbonyl (C=O) groups excluding carboxylic acids is 2. The van der Waals surface area contributed by atoms with Gasteiger partial charge in [0.05, 0.1) is 0 Å². The van der Waals surface area contributed by atoms with E-state index < -0.39 is 0 Å². The van der Waals surface area contributed by atoms with Crippen LogP contribution in [0.4, 0.5) is 4.79 Å². The monoisotopic (exact) mass is 159 g/mol. The molecule has 4 heteroatoms. The lowest BCUT2D eigenvalue weighted by atomic mass is 10.7. The Labute approximate surface area is 63.9 Å². The lowest BCUT2D eigenvalue weighted by Crippen LogP contribution is -2.23. The van der Waals surface area contributed by atoms with Crippen LogP contribution in [0, 0.1) is 0 Å². The fraction of sp³-hybridized carbons (Fsp3) is 0.333. The van der Waals surface area contributed by atoms with Gasteiger partial charge in [0.25, 0.3) is 5.24 Å². The van der Waals surface area contributed by atoms with Gasteiger partial charge in [0.1, 0.15) is 0 Å². The van der Waals surface area contributed by atoms with Gasteiger partial charge >= 0.3 is 0 Å². The van der Waals surface area contributed by atoms with Gasteiger partial charge in [-0.05, 0) is 24.1 Å². The molecule has 0 aliphatic heterocycles. The molecule has 0 atom stereocenters. The van der Waals surface area contributed by atoms with Crippen molar-refractivity contribution >= 4 is 22.9 Å². The van der Waals surface area contributed by atoms with E-state index in [1.807, 2.05) is 0 Å². The normalized spacial score (nSPS) is 9.80. The predicted molar refractivity (Wildman–Crippen MR) is 41.6 cm³/mol. The average Bonchev–Trinajstić information content (AvgIpc) is 1.82. The molecule has 0 aromatic heterocycles. The molecule has 1 N–H and O–H groups in total. The Bertz CT molecular complexity index is 165. The molecule has 0 bridgehead atoms. The molecule has 3 nitrogen and oxygen atoms in total. The van der Waals surface area contributed by atoms with Crippen molar-refractivity contribution in [3.8, 4) is 0 Å². The van der Waals surface area contributed by atoms with Gasteiger partial charge in [0, 0.05) is 6.92 Å². The van der Waals surface area contributed by atoms with Gasteiger partial charge in [-0.25, -0.2) is 0 Å². The second kappa shape index (κ2) is 5.05. The molecule has 0 aromatic carbocycles. The Morgan fingerprint density at radius 1 is 1.50 bits per heavy atom. The number of amides is 2. The molecule has 0 rings (SSSR count). The van der Waals surface area contributed by atoms with Gasteiger partial charge in [0.15, 0.2) is 0 Å². The minimum Gasteiger partial charge on any atom is -0.287 e. The summed E-state index contributed by atoms with van der Waals surface area (Å²) < 4.78 is 0. The number of allylic oxidation sites excluding steroid dienone is 1. The van der Waals surface area contributed by atoms with Crippen molar-refractivity contribution < 1.29 is 9.59 Å². The number of hydrogen-bond donors (Lipinski definition) is 1. The summed E-state index contributed by atoms with van der Waals surface area (Å²) >= 11 is 0.953. The van der Waals surface area contributed by atoms with E-state index >= 15 is 0 Å². The molecule has 0 saturated carbocycles. The first kappa shape index (κ1) is 9.23. The van der Waals surface area contributed by atoms with E-state index in [-0.39, 0.29) is 11.1 Å². The molecule has 2 amide bonds. The van der Waals surface area contributed by atoms with Gasteiger partial charge in [0.2, 0.25) is 5.91 Å². The molecule has 56 valence electrons. The quantitative estimate of drug-likeness (QED) is 0.630. The third-order valence-electron chi connectivity index (χ3n) is 0.589. The summed E-state index contributed by atoms with van der Waals surface area (Å²) in [6, 6.07) is 0. The SMILES string of the molecule is C/C=C/SC(=O)NC(C)=O. The number of carbonyl (C=O) groups is 2. The van der Waals surface area contributed by atoms with Crippen LogP contribution in [0.3, 0.4) is 0 Å². The summed E-state index contributed by atoms with van der Waals surface area (Å²) in [4.78, 5) is 20.8. The van der Waals surface area contributed by atoms with Crippen molar-refractivity contribution in [1.82, 2.24) is 5.32 Å². The van der Waals surface area contributed by atoms with Gasteiger partial charge in [-0.2, -0.15) is 0 Å². The highest BCUT2D eigenvalue weighted by Crippen LogP contribution is 2.01. The lowest BCUT2D eigenvalue weighted by Gasteiger charge is -1.93. The van der Waals surface area contributed by atoms with E-state index in [0.717, 1.165) is 11.8 Å². The third kappa shape index (κ3) is 5.37. The molecule has 0 saturated heterocycles. The fourth-order valence-corrected chi connectivity index (χ4v) is 0.765. The first-order valence-electron chi connectivity index (χ1n) is 2.76. The van der Waals surface area contributed by atoms with E-state index in [2.05, 4.69) is 5.32 Å². The van der Waals surface area contributed by atoms with Gasteiger partial charge in [-0.3, -0.25) is 14.9 Å². The van der Waals surface area contributed by atoms with E-state index in [1.54, 1.807) is 18.4 Å². The summed E-state index contributed by atoms with van der Waals surface area (Å²) in [5.74, 6) is -0.331. The van der Waals surface area contributed by atoms with E-state index in [0.29, 0.717) is 0 Å². The van der Waals surface area contributed by atoms with Crippen LogP contribution in [0.1, 0.15) is 13.8 Å². The summed E-state index contributed by atoms with van der Waals surface area (Å²) in [5, 5.41) is 3.38. The van der Waals surface area contributed by atoms with E-state index in [4.69, 9.17) is 0 Å². The third-order valence-corrected chi connectivity index (χ3v) is 1.31. The molecular weight excluding hydrogens is 150 g/mol. The van der Waals surface area contributed by atoms with Gasteiger partial charge < -0.3 is 0 Å². The van der Waals surface area contributed by atoms with Crippen LogP contribution in [0.2, 0.25) is 0 Å². The molecule has 0 unspecified atom stereocenters. The fourth-order valence-electron chi connectivity index (χ4n) is 0.303. The molecule has 0 aromatic rings. The van der Waals surface area contributed by atoms with Gasteiger partial charge in [-0.1, -0.05) is 6.08 Å². The Morgan fingerprint density at radius 2 is 2.10 bits per heavy atom. The highest BCUT2D eigenvalue weighted by molar-refractivity contribution is 8.16. The first-order valence-corrected chi connectivity index (χ1v) is 3.64. The number of hydrogen-bond acceptors (Lipinski definition) is 3. The molecule has 0 spiro atoms. The largest absolute Gasteiger partial charge is 0.289 e.